The largest absolute Gasteiger partial charge is 0.228 e. The molecule has 0 atom stereocenters. The zero-order chi connectivity index (χ0) is 41.0. The van der Waals surface area contributed by atoms with Gasteiger partial charge in [0.1, 0.15) is 0 Å². The van der Waals surface area contributed by atoms with E-state index in [2.05, 4.69) is 224 Å². The first kappa shape index (κ1) is 36.2. The van der Waals surface area contributed by atoms with Gasteiger partial charge in [-0.25, -0.2) is 9.97 Å². The molecule has 0 saturated carbocycles. The smallest absolute Gasteiger partial charge is 0.160 e. The van der Waals surface area contributed by atoms with Crippen molar-refractivity contribution < 1.29 is 0 Å². The third-order valence-corrected chi connectivity index (χ3v) is 13.7. The molecule has 3 heteroatoms. The average molecular weight is 807 g/mol. The standard InChI is InChI=1S/C59H38N2S/c1-5-17-39(18-6-1)47-28-16-29-51-57(47)49-33-31-42(37-52(49)59(51,45-23-9-3-10-24-45)46-25-11-4-12-26-46)41-21-15-22-43(35-41)53-38-54(61-58(60-53)40-19-7-2-8-20-40)44-32-34-56-50(36-44)48-27-13-14-30-55(48)62-56/h1-38H. The van der Waals surface area contributed by atoms with E-state index in [1.54, 1.807) is 0 Å². The van der Waals surface area contributed by atoms with E-state index >= 15 is 0 Å². The summed E-state index contributed by atoms with van der Waals surface area (Å²) < 4.78 is 2.57. The first-order valence-electron chi connectivity index (χ1n) is 21.1. The van der Waals surface area contributed by atoms with E-state index in [0.29, 0.717) is 5.82 Å². The summed E-state index contributed by atoms with van der Waals surface area (Å²) in [7, 11) is 0. The van der Waals surface area contributed by atoms with Crippen LogP contribution in [0.25, 0.3) is 87.5 Å². The van der Waals surface area contributed by atoms with Crippen LogP contribution < -0.4 is 0 Å². The van der Waals surface area contributed by atoms with E-state index in [4.69, 9.17) is 9.97 Å². The second-order valence-corrected chi connectivity index (χ2v) is 17.1. The van der Waals surface area contributed by atoms with Crippen LogP contribution in [0.15, 0.2) is 231 Å². The van der Waals surface area contributed by atoms with Gasteiger partial charge in [0.2, 0.25) is 0 Å². The number of thiophene rings is 1. The number of aromatic nitrogens is 2. The monoisotopic (exact) mass is 806 g/mol. The molecule has 0 bridgehead atoms. The second kappa shape index (κ2) is 14.8. The molecule has 1 aliphatic carbocycles. The number of hydrogen-bond acceptors (Lipinski definition) is 3. The Morgan fingerprint density at radius 2 is 0.871 bits per heavy atom. The van der Waals surface area contributed by atoms with Gasteiger partial charge in [-0.15, -0.1) is 11.3 Å². The molecule has 2 aromatic heterocycles. The maximum atomic E-state index is 5.25. The van der Waals surface area contributed by atoms with Crippen LogP contribution >= 0.6 is 11.3 Å². The summed E-state index contributed by atoms with van der Waals surface area (Å²) in [5.74, 6) is 0.707. The van der Waals surface area contributed by atoms with E-state index < -0.39 is 5.41 Å². The highest BCUT2D eigenvalue weighted by Gasteiger charge is 2.47. The zero-order valence-corrected chi connectivity index (χ0v) is 34.6. The highest BCUT2D eigenvalue weighted by molar-refractivity contribution is 7.25. The Balaban J connectivity index is 1.04. The third-order valence-electron chi connectivity index (χ3n) is 12.6. The number of nitrogens with zero attached hydrogens (tertiary/aromatic N) is 2. The van der Waals surface area contributed by atoms with Gasteiger partial charge in [-0.05, 0) is 92.0 Å². The Bertz CT molecular complexity index is 3410. The van der Waals surface area contributed by atoms with Gasteiger partial charge >= 0.3 is 0 Å². The minimum absolute atomic E-state index is 0.535. The summed E-state index contributed by atoms with van der Waals surface area (Å²) >= 11 is 1.83. The summed E-state index contributed by atoms with van der Waals surface area (Å²) in [6, 6.07) is 83.6. The number of hydrogen-bond donors (Lipinski definition) is 0. The maximum Gasteiger partial charge on any atom is 0.160 e. The van der Waals surface area contributed by atoms with E-state index in [0.717, 1.165) is 39.2 Å². The van der Waals surface area contributed by atoms with Crippen molar-refractivity contribution in [3.63, 3.8) is 0 Å². The van der Waals surface area contributed by atoms with Crippen molar-refractivity contribution in [3.8, 4) is 67.3 Å². The van der Waals surface area contributed by atoms with Crippen molar-refractivity contribution in [3.05, 3.63) is 253 Å². The summed E-state index contributed by atoms with van der Waals surface area (Å²) in [5, 5.41) is 2.53. The lowest BCUT2D eigenvalue weighted by Crippen LogP contribution is -2.28. The molecule has 0 saturated heterocycles. The van der Waals surface area contributed by atoms with Crippen molar-refractivity contribution in [1.29, 1.82) is 0 Å². The van der Waals surface area contributed by atoms with Gasteiger partial charge in [0, 0.05) is 36.9 Å². The fourth-order valence-corrected chi connectivity index (χ4v) is 10.9. The normalized spacial score (nSPS) is 12.6. The minimum atomic E-state index is -0.535. The predicted octanol–water partition coefficient (Wildman–Crippen LogP) is 15.5. The van der Waals surface area contributed by atoms with Crippen LogP contribution in [-0.2, 0) is 5.41 Å². The lowest BCUT2D eigenvalue weighted by atomic mass is 9.67. The molecule has 0 amide bonds. The van der Waals surface area contributed by atoms with E-state index in [-0.39, 0.29) is 0 Å². The van der Waals surface area contributed by atoms with Crippen LogP contribution in [0.4, 0.5) is 0 Å². The molecule has 2 heterocycles. The molecular weight excluding hydrogens is 769 g/mol. The number of fused-ring (bicyclic) bond motifs is 6. The number of rotatable bonds is 7. The Hall–Kier alpha value is -7.72. The fraction of sp³-hybridized carbons (Fsp3) is 0.0169. The third kappa shape index (κ3) is 5.85. The zero-order valence-electron chi connectivity index (χ0n) is 33.7. The van der Waals surface area contributed by atoms with E-state index in [9.17, 15) is 0 Å². The molecule has 0 radical (unpaired) electrons. The second-order valence-electron chi connectivity index (χ2n) is 16.1. The van der Waals surface area contributed by atoms with E-state index in [1.165, 1.54) is 64.7 Å². The Morgan fingerprint density at radius 1 is 0.323 bits per heavy atom. The lowest BCUT2D eigenvalue weighted by molar-refractivity contribution is 0.769. The summed E-state index contributed by atoms with van der Waals surface area (Å²) in [6.07, 6.45) is 0. The fourth-order valence-electron chi connectivity index (χ4n) is 9.78. The van der Waals surface area contributed by atoms with Gasteiger partial charge < -0.3 is 0 Å². The molecule has 62 heavy (non-hydrogen) atoms. The first-order chi connectivity index (χ1) is 30.7. The Labute approximate surface area is 365 Å². The van der Waals surface area contributed by atoms with Crippen molar-refractivity contribution >= 4 is 31.5 Å². The van der Waals surface area contributed by atoms with Crippen LogP contribution in [0.3, 0.4) is 0 Å². The highest BCUT2D eigenvalue weighted by Crippen LogP contribution is 2.59. The quantitative estimate of drug-likeness (QED) is 0.160. The average Bonchev–Trinajstić information content (AvgIpc) is 3.88. The van der Waals surface area contributed by atoms with Gasteiger partial charge in [0.15, 0.2) is 5.82 Å². The maximum absolute atomic E-state index is 5.25. The Kier molecular flexibility index (Phi) is 8.62. The summed E-state index contributed by atoms with van der Waals surface area (Å²) in [6.45, 7) is 0. The van der Waals surface area contributed by atoms with Crippen LogP contribution in [0.5, 0.6) is 0 Å². The van der Waals surface area contributed by atoms with Crippen molar-refractivity contribution in [2.24, 2.45) is 0 Å². The molecule has 0 N–H and O–H groups in total. The topological polar surface area (TPSA) is 25.8 Å². The molecule has 9 aromatic carbocycles. The van der Waals surface area contributed by atoms with Crippen LogP contribution in [0.2, 0.25) is 0 Å². The highest BCUT2D eigenvalue weighted by atomic mass is 32.1. The molecule has 11 aromatic rings. The summed E-state index contributed by atoms with van der Waals surface area (Å²) in [5.41, 5.74) is 16.7. The van der Waals surface area contributed by atoms with Crippen LogP contribution in [-0.4, -0.2) is 9.97 Å². The van der Waals surface area contributed by atoms with Crippen molar-refractivity contribution in [1.82, 2.24) is 9.97 Å². The molecule has 1 aliphatic rings. The molecule has 290 valence electrons. The SMILES string of the molecule is c1ccc(-c2nc(-c3cccc(-c4ccc5c(c4)C(c4ccccc4)(c4ccccc4)c4cccc(-c6ccccc6)c4-5)c3)cc(-c3ccc4sc5ccccc5c4c3)n2)cc1. The minimum Gasteiger partial charge on any atom is -0.228 e. The van der Waals surface area contributed by atoms with Gasteiger partial charge in [-0.3, -0.25) is 0 Å². The molecule has 2 nitrogen and oxygen atoms in total. The van der Waals surface area contributed by atoms with Crippen LogP contribution in [0, 0.1) is 0 Å². The molecule has 0 spiro atoms. The number of benzene rings is 9. The first-order valence-corrected chi connectivity index (χ1v) is 22.0. The molecule has 0 aliphatic heterocycles. The van der Waals surface area contributed by atoms with Gasteiger partial charge in [-0.1, -0.05) is 194 Å². The molecule has 0 unspecified atom stereocenters. The summed E-state index contributed by atoms with van der Waals surface area (Å²) in [4.78, 5) is 10.5. The lowest BCUT2D eigenvalue weighted by Gasteiger charge is -2.34. The predicted molar refractivity (Wildman–Crippen MR) is 259 cm³/mol. The molecule has 0 fully saturated rings. The van der Waals surface area contributed by atoms with Gasteiger partial charge in [0.05, 0.1) is 16.8 Å². The van der Waals surface area contributed by atoms with Gasteiger partial charge in [-0.2, -0.15) is 0 Å². The van der Waals surface area contributed by atoms with Gasteiger partial charge in [0.25, 0.3) is 0 Å². The molecular formula is C59H38N2S. The Morgan fingerprint density at radius 3 is 1.60 bits per heavy atom. The van der Waals surface area contributed by atoms with Crippen LogP contribution in [0.1, 0.15) is 22.3 Å². The van der Waals surface area contributed by atoms with Crippen molar-refractivity contribution in [2.45, 2.75) is 5.41 Å². The van der Waals surface area contributed by atoms with E-state index in [1.807, 2.05) is 17.4 Å². The van der Waals surface area contributed by atoms with Crippen molar-refractivity contribution in [2.75, 3.05) is 0 Å². The molecule has 12 rings (SSSR count).